The van der Waals surface area contributed by atoms with Gasteiger partial charge in [-0.2, -0.15) is 0 Å². The van der Waals surface area contributed by atoms with Gasteiger partial charge in [0.25, 0.3) is 0 Å². The summed E-state index contributed by atoms with van der Waals surface area (Å²) in [5.74, 6) is 2.65. The van der Waals surface area contributed by atoms with Gasteiger partial charge in [0.2, 0.25) is 0 Å². The van der Waals surface area contributed by atoms with E-state index >= 15 is 0 Å². The van der Waals surface area contributed by atoms with Gasteiger partial charge in [-0.05, 0) is 36.4 Å². The second-order valence-corrected chi connectivity index (χ2v) is 4.25. The monoisotopic (exact) mass is 278 g/mol. The van der Waals surface area contributed by atoms with Gasteiger partial charge in [0.1, 0.15) is 17.2 Å². The molecule has 0 aliphatic carbocycles. The summed E-state index contributed by atoms with van der Waals surface area (Å²) < 4.78 is 10.5. The van der Waals surface area contributed by atoms with E-state index in [0.717, 1.165) is 17.2 Å². The first-order chi connectivity index (χ1) is 10.4. The molecular weight excluding hydrogens is 260 g/mol. The molecule has 0 aliphatic heterocycles. The highest BCUT2D eigenvalue weighted by Gasteiger charge is 1.92. The number of benzene rings is 3. The average molecular weight is 278 g/mol. The van der Waals surface area contributed by atoms with Crippen molar-refractivity contribution in [3.63, 3.8) is 0 Å². The van der Waals surface area contributed by atoms with Gasteiger partial charge < -0.3 is 9.47 Å². The summed E-state index contributed by atoms with van der Waals surface area (Å²) in [6.45, 7) is 0. The molecule has 0 aliphatic rings. The lowest BCUT2D eigenvalue weighted by Gasteiger charge is -2.03. The van der Waals surface area contributed by atoms with Gasteiger partial charge in [-0.3, -0.25) is 0 Å². The highest BCUT2D eigenvalue weighted by Crippen LogP contribution is 2.19. The summed E-state index contributed by atoms with van der Waals surface area (Å²) in [7, 11) is 1.66. The maximum atomic E-state index is 5.58. The molecule has 0 bridgehead atoms. The molecule has 3 aromatic rings. The second kappa shape index (κ2) is 8.43. The van der Waals surface area contributed by atoms with Crippen molar-refractivity contribution in [1.29, 1.82) is 0 Å². The molecule has 2 nitrogen and oxygen atoms in total. The Balaban J connectivity index is 0.000000173. The first kappa shape index (κ1) is 14.7. The lowest BCUT2D eigenvalue weighted by molar-refractivity contribution is 0.415. The molecule has 2 heteroatoms. The van der Waals surface area contributed by atoms with Crippen molar-refractivity contribution < 1.29 is 9.47 Å². The number of ether oxygens (including phenoxy) is 2. The van der Waals surface area contributed by atoms with Crippen molar-refractivity contribution in [3.05, 3.63) is 91.0 Å². The van der Waals surface area contributed by atoms with Crippen molar-refractivity contribution in [2.24, 2.45) is 0 Å². The Hall–Kier alpha value is -2.74. The topological polar surface area (TPSA) is 18.5 Å². The van der Waals surface area contributed by atoms with Gasteiger partial charge in [-0.1, -0.05) is 54.6 Å². The van der Waals surface area contributed by atoms with Crippen molar-refractivity contribution in [2.45, 2.75) is 0 Å². The molecule has 106 valence electrons. The number of methoxy groups -OCH3 is 1. The zero-order chi connectivity index (χ0) is 14.8. The van der Waals surface area contributed by atoms with E-state index in [1.807, 2.05) is 91.0 Å². The third-order valence-electron chi connectivity index (χ3n) is 2.70. The SMILES string of the molecule is COc1ccccc1.c1ccc(Oc2ccccc2)cc1. The van der Waals surface area contributed by atoms with E-state index in [-0.39, 0.29) is 0 Å². The molecule has 0 unspecified atom stereocenters. The molecule has 0 radical (unpaired) electrons. The molecule has 0 N–H and O–H groups in total. The Morgan fingerprint density at radius 2 is 0.810 bits per heavy atom. The van der Waals surface area contributed by atoms with Crippen LogP contribution in [0.4, 0.5) is 0 Å². The van der Waals surface area contributed by atoms with E-state index in [2.05, 4.69) is 0 Å². The minimum absolute atomic E-state index is 0.869. The van der Waals surface area contributed by atoms with Gasteiger partial charge in [-0.15, -0.1) is 0 Å². The Labute approximate surface area is 125 Å². The van der Waals surface area contributed by atoms with E-state index < -0.39 is 0 Å². The van der Waals surface area contributed by atoms with Crippen molar-refractivity contribution in [2.75, 3.05) is 7.11 Å². The third kappa shape index (κ3) is 5.41. The second-order valence-electron chi connectivity index (χ2n) is 4.25. The van der Waals surface area contributed by atoms with Gasteiger partial charge in [-0.25, -0.2) is 0 Å². The van der Waals surface area contributed by atoms with E-state index in [4.69, 9.17) is 9.47 Å². The average Bonchev–Trinajstić information content (AvgIpc) is 2.58. The number of hydrogen-bond donors (Lipinski definition) is 0. The molecule has 0 fully saturated rings. The fourth-order valence-corrected chi connectivity index (χ4v) is 1.67. The lowest BCUT2D eigenvalue weighted by atomic mass is 10.3. The molecule has 0 saturated carbocycles. The van der Waals surface area contributed by atoms with Crippen LogP contribution in [-0.4, -0.2) is 7.11 Å². The van der Waals surface area contributed by atoms with Crippen LogP contribution in [0.15, 0.2) is 91.0 Å². The quantitative estimate of drug-likeness (QED) is 0.657. The van der Waals surface area contributed by atoms with Crippen LogP contribution in [0.25, 0.3) is 0 Å². The van der Waals surface area contributed by atoms with Crippen LogP contribution in [0.5, 0.6) is 17.2 Å². The smallest absolute Gasteiger partial charge is 0.127 e. The van der Waals surface area contributed by atoms with Crippen LogP contribution >= 0.6 is 0 Å². The molecule has 0 aromatic heterocycles. The van der Waals surface area contributed by atoms with Crippen LogP contribution in [0, 0.1) is 0 Å². The summed E-state index contributed by atoms with van der Waals surface area (Å²) in [6, 6.07) is 29.2. The molecule has 3 rings (SSSR count). The standard InChI is InChI=1S/C12H10O.C7H8O/c1-3-7-11(8-4-1)13-12-9-5-2-6-10-12;1-8-7-5-3-2-4-6-7/h1-10H;2-6H,1H3. The molecular formula is C19H18O2. The van der Waals surface area contributed by atoms with Gasteiger partial charge in [0.15, 0.2) is 0 Å². The fraction of sp³-hybridized carbons (Fsp3) is 0.0526. The van der Waals surface area contributed by atoms with E-state index in [1.54, 1.807) is 7.11 Å². The van der Waals surface area contributed by atoms with Gasteiger partial charge >= 0.3 is 0 Å². The summed E-state index contributed by atoms with van der Waals surface area (Å²) in [4.78, 5) is 0. The Bertz CT molecular complexity index is 569. The summed E-state index contributed by atoms with van der Waals surface area (Å²) in [6.07, 6.45) is 0. The number of hydrogen-bond acceptors (Lipinski definition) is 2. The van der Waals surface area contributed by atoms with E-state index in [1.165, 1.54) is 0 Å². The molecule has 0 spiro atoms. The lowest BCUT2D eigenvalue weighted by Crippen LogP contribution is -1.81. The van der Waals surface area contributed by atoms with Crippen molar-refractivity contribution >= 4 is 0 Å². The fourth-order valence-electron chi connectivity index (χ4n) is 1.67. The highest BCUT2D eigenvalue weighted by atomic mass is 16.5. The molecule has 0 heterocycles. The summed E-state index contributed by atoms with van der Waals surface area (Å²) >= 11 is 0. The molecule has 0 amide bonds. The summed E-state index contributed by atoms with van der Waals surface area (Å²) in [5.41, 5.74) is 0. The van der Waals surface area contributed by atoms with Crippen LogP contribution < -0.4 is 9.47 Å². The van der Waals surface area contributed by atoms with Crippen molar-refractivity contribution in [3.8, 4) is 17.2 Å². The van der Waals surface area contributed by atoms with Crippen LogP contribution in [-0.2, 0) is 0 Å². The molecule has 0 saturated heterocycles. The maximum absolute atomic E-state index is 5.58. The zero-order valence-corrected chi connectivity index (χ0v) is 12.0. The highest BCUT2D eigenvalue weighted by molar-refractivity contribution is 5.30. The Morgan fingerprint density at radius 1 is 0.476 bits per heavy atom. The zero-order valence-electron chi connectivity index (χ0n) is 12.0. The Morgan fingerprint density at radius 3 is 1.10 bits per heavy atom. The molecule has 3 aromatic carbocycles. The van der Waals surface area contributed by atoms with E-state index in [9.17, 15) is 0 Å². The normalized spacial score (nSPS) is 9.19. The first-order valence-electron chi connectivity index (χ1n) is 6.75. The predicted molar refractivity (Wildman–Crippen MR) is 86.0 cm³/mol. The van der Waals surface area contributed by atoms with Crippen LogP contribution in [0.2, 0.25) is 0 Å². The minimum atomic E-state index is 0.869. The first-order valence-corrected chi connectivity index (χ1v) is 6.75. The molecule has 0 atom stereocenters. The number of rotatable bonds is 3. The van der Waals surface area contributed by atoms with E-state index in [0.29, 0.717) is 0 Å². The van der Waals surface area contributed by atoms with Gasteiger partial charge in [0.05, 0.1) is 7.11 Å². The number of para-hydroxylation sites is 3. The Kier molecular flexibility index (Phi) is 5.89. The predicted octanol–water partition coefficient (Wildman–Crippen LogP) is 5.17. The third-order valence-corrected chi connectivity index (χ3v) is 2.70. The minimum Gasteiger partial charge on any atom is -0.497 e. The molecule has 21 heavy (non-hydrogen) atoms. The van der Waals surface area contributed by atoms with Gasteiger partial charge in [0, 0.05) is 0 Å². The van der Waals surface area contributed by atoms with Crippen molar-refractivity contribution in [1.82, 2.24) is 0 Å². The summed E-state index contributed by atoms with van der Waals surface area (Å²) in [5, 5.41) is 0. The van der Waals surface area contributed by atoms with Crippen LogP contribution in [0.3, 0.4) is 0 Å². The maximum Gasteiger partial charge on any atom is 0.127 e. The largest absolute Gasteiger partial charge is 0.497 e. The van der Waals surface area contributed by atoms with Crippen LogP contribution in [0.1, 0.15) is 0 Å².